The molecule has 0 saturated carbocycles. The van der Waals surface area contributed by atoms with Gasteiger partial charge in [0, 0.05) is 10.5 Å². The van der Waals surface area contributed by atoms with Gasteiger partial charge in [-0.15, -0.1) is 0 Å². The van der Waals surface area contributed by atoms with E-state index in [0.717, 1.165) is 0 Å². The molecule has 2 unspecified atom stereocenters. The zero-order chi connectivity index (χ0) is 12.4. The summed E-state index contributed by atoms with van der Waals surface area (Å²) < 4.78 is 18.5. The van der Waals surface area contributed by atoms with E-state index in [1.54, 1.807) is 0 Å². The summed E-state index contributed by atoms with van der Waals surface area (Å²) in [4.78, 5) is 11.9. The van der Waals surface area contributed by atoms with Crippen molar-refractivity contribution in [2.45, 2.75) is 6.04 Å². The molecule has 92 valence electrons. The van der Waals surface area contributed by atoms with E-state index in [9.17, 15) is 9.18 Å². The SMILES string of the molecule is NC1COCC1C(=O)Nc1ccc(F)cc1Br. The topological polar surface area (TPSA) is 64.3 Å². The first-order valence-electron chi connectivity index (χ1n) is 5.17. The van der Waals surface area contributed by atoms with Gasteiger partial charge >= 0.3 is 0 Å². The zero-order valence-electron chi connectivity index (χ0n) is 8.95. The van der Waals surface area contributed by atoms with E-state index in [1.165, 1.54) is 18.2 Å². The molecular formula is C11H12BrFN2O2. The average molecular weight is 303 g/mol. The Labute approximate surface area is 106 Å². The Morgan fingerprint density at radius 2 is 2.29 bits per heavy atom. The van der Waals surface area contributed by atoms with E-state index in [2.05, 4.69) is 21.2 Å². The Morgan fingerprint density at radius 3 is 2.88 bits per heavy atom. The molecule has 1 aromatic carbocycles. The summed E-state index contributed by atoms with van der Waals surface area (Å²) in [6, 6.07) is 3.79. The van der Waals surface area contributed by atoms with Crippen molar-refractivity contribution in [3.05, 3.63) is 28.5 Å². The highest BCUT2D eigenvalue weighted by molar-refractivity contribution is 9.10. The quantitative estimate of drug-likeness (QED) is 0.870. The minimum absolute atomic E-state index is 0.206. The number of rotatable bonds is 2. The number of carbonyl (C=O) groups is 1. The number of benzene rings is 1. The first-order valence-corrected chi connectivity index (χ1v) is 5.96. The first-order chi connectivity index (χ1) is 8.08. The van der Waals surface area contributed by atoms with Crippen LogP contribution in [0.25, 0.3) is 0 Å². The largest absolute Gasteiger partial charge is 0.379 e. The highest BCUT2D eigenvalue weighted by Gasteiger charge is 2.31. The van der Waals surface area contributed by atoms with Gasteiger partial charge in [0.1, 0.15) is 5.82 Å². The molecular weight excluding hydrogens is 291 g/mol. The van der Waals surface area contributed by atoms with Crippen LogP contribution in [-0.4, -0.2) is 25.2 Å². The molecule has 0 bridgehead atoms. The van der Waals surface area contributed by atoms with E-state index in [-0.39, 0.29) is 23.7 Å². The van der Waals surface area contributed by atoms with E-state index in [0.29, 0.717) is 23.4 Å². The normalized spacial score (nSPS) is 23.7. The van der Waals surface area contributed by atoms with Crippen LogP contribution in [0, 0.1) is 11.7 Å². The molecule has 4 nitrogen and oxygen atoms in total. The monoisotopic (exact) mass is 302 g/mol. The molecule has 1 heterocycles. The number of amides is 1. The molecule has 1 saturated heterocycles. The van der Waals surface area contributed by atoms with Gasteiger partial charge in [-0.05, 0) is 34.1 Å². The van der Waals surface area contributed by atoms with Crippen molar-refractivity contribution < 1.29 is 13.9 Å². The van der Waals surface area contributed by atoms with Gasteiger partial charge in [-0.2, -0.15) is 0 Å². The van der Waals surface area contributed by atoms with Crippen LogP contribution >= 0.6 is 15.9 Å². The molecule has 1 fully saturated rings. The minimum Gasteiger partial charge on any atom is -0.379 e. The Hall–Kier alpha value is -0.980. The third-order valence-corrected chi connectivity index (χ3v) is 3.31. The van der Waals surface area contributed by atoms with Crippen molar-refractivity contribution >= 4 is 27.5 Å². The van der Waals surface area contributed by atoms with Crippen molar-refractivity contribution in [2.75, 3.05) is 18.5 Å². The number of hydrogen-bond acceptors (Lipinski definition) is 3. The molecule has 0 spiro atoms. The molecule has 0 radical (unpaired) electrons. The van der Waals surface area contributed by atoms with Crippen LogP contribution in [0.5, 0.6) is 0 Å². The molecule has 0 aliphatic carbocycles. The van der Waals surface area contributed by atoms with E-state index in [4.69, 9.17) is 10.5 Å². The van der Waals surface area contributed by atoms with Gasteiger partial charge in [-0.1, -0.05) is 0 Å². The van der Waals surface area contributed by atoms with E-state index >= 15 is 0 Å². The molecule has 6 heteroatoms. The van der Waals surface area contributed by atoms with Crippen molar-refractivity contribution in [3.63, 3.8) is 0 Å². The summed E-state index contributed by atoms with van der Waals surface area (Å²) >= 11 is 3.18. The average Bonchev–Trinajstić information content (AvgIpc) is 2.68. The summed E-state index contributed by atoms with van der Waals surface area (Å²) in [7, 11) is 0. The maximum Gasteiger partial charge on any atom is 0.231 e. The predicted molar refractivity (Wildman–Crippen MR) is 65.0 cm³/mol. The minimum atomic E-state index is -0.365. The molecule has 1 aromatic rings. The first kappa shape index (κ1) is 12.5. The van der Waals surface area contributed by atoms with Crippen LogP contribution in [0.1, 0.15) is 0 Å². The van der Waals surface area contributed by atoms with Gasteiger partial charge in [-0.3, -0.25) is 4.79 Å². The molecule has 1 amide bonds. The summed E-state index contributed by atoms with van der Waals surface area (Å²) in [5, 5.41) is 2.70. The lowest BCUT2D eigenvalue weighted by Gasteiger charge is -2.14. The van der Waals surface area contributed by atoms with Gasteiger partial charge in [-0.25, -0.2) is 4.39 Å². The Morgan fingerprint density at radius 1 is 1.53 bits per heavy atom. The fourth-order valence-electron chi connectivity index (χ4n) is 1.66. The van der Waals surface area contributed by atoms with Crippen LogP contribution < -0.4 is 11.1 Å². The summed E-state index contributed by atoms with van der Waals surface area (Å²) in [6.07, 6.45) is 0. The number of nitrogens with one attached hydrogen (secondary N) is 1. The Balaban J connectivity index is 2.07. The number of hydrogen-bond donors (Lipinski definition) is 2. The zero-order valence-corrected chi connectivity index (χ0v) is 10.5. The molecule has 3 N–H and O–H groups in total. The molecule has 1 aliphatic heterocycles. The number of nitrogens with two attached hydrogens (primary N) is 1. The fraction of sp³-hybridized carbons (Fsp3) is 0.364. The lowest BCUT2D eigenvalue weighted by Crippen LogP contribution is -2.37. The highest BCUT2D eigenvalue weighted by Crippen LogP contribution is 2.24. The molecule has 0 aromatic heterocycles. The molecule has 2 atom stereocenters. The van der Waals surface area contributed by atoms with Gasteiger partial charge in [0.05, 0.1) is 24.8 Å². The maximum absolute atomic E-state index is 12.9. The smallest absolute Gasteiger partial charge is 0.231 e. The number of anilines is 1. The second-order valence-corrected chi connectivity index (χ2v) is 4.78. The second kappa shape index (κ2) is 5.12. The molecule has 2 rings (SSSR count). The molecule has 1 aliphatic rings. The van der Waals surface area contributed by atoms with Crippen molar-refractivity contribution in [1.29, 1.82) is 0 Å². The van der Waals surface area contributed by atoms with Gasteiger partial charge in [0.25, 0.3) is 0 Å². The lowest BCUT2D eigenvalue weighted by atomic mass is 10.0. The summed E-state index contributed by atoms with van der Waals surface area (Å²) in [5.74, 6) is -0.926. The lowest BCUT2D eigenvalue weighted by molar-refractivity contribution is -0.120. The van der Waals surface area contributed by atoms with Crippen LogP contribution in [0.15, 0.2) is 22.7 Å². The van der Waals surface area contributed by atoms with Crippen molar-refractivity contribution in [1.82, 2.24) is 0 Å². The highest BCUT2D eigenvalue weighted by atomic mass is 79.9. The van der Waals surface area contributed by atoms with Gasteiger partial charge < -0.3 is 15.8 Å². The Kier molecular flexibility index (Phi) is 3.76. The third kappa shape index (κ3) is 2.83. The standard InChI is InChI=1S/C11H12BrFN2O2/c12-8-3-6(13)1-2-10(8)15-11(16)7-4-17-5-9(7)14/h1-3,7,9H,4-5,14H2,(H,15,16). The number of carbonyl (C=O) groups excluding carboxylic acids is 1. The van der Waals surface area contributed by atoms with Gasteiger partial charge in [0.15, 0.2) is 0 Å². The summed E-state index contributed by atoms with van der Waals surface area (Å²) in [5.41, 5.74) is 6.26. The van der Waals surface area contributed by atoms with E-state index < -0.39 is 0 Å². The number of ether oxygens (including phenoxy) is 1. The van der Waals surface area contributed by atoms with Gasteiger partial charge in [0.2, 0.25) is 5.91 Å². The van der Waals surface area contributed by atoms with Crippen LogP contribution in [0.4, 0.5) is 10.1 Å². The maximum atomic E-state index is 12.9. The van der Waals surface area contributed by atoms with E-state index in [1.807, 2.05) is 0 Å². The predicted octanol–water partition coefficient (Wildman–Crippen LogP) is 1.50. The molecule has 17 heavy (non-hydrogen) atoms. The second-order valence-electron chi connectivity index (χ2n) is 3.92. The Bertz CT molecular complexity index is 441. The van der Waals surface area contributed by atoms with Crippen LogP contribution in [-0.2, 0) is 9.53 Å². The third-order valence-electron chi connectivity index (χ3n) is 2.65. The van der Waals surface area contributed by atoms with Crippen LogP contribution in [0.2, 0.25) is 0 Å². The van der Waals surface area contributed by atoms with Crippen molar-refractivity contribution in [3.8, 4) is 0 Å². The number of halogens is 2. The van der Waals surface area contributed by atoms with Crippen LogP contribution in [0.3, 0.4) is 0 Å². The van der Waals surface area contributed by atoms with Crippen molar-refractivity contribution in [2.24, 2.45) is 11.7 Å². The summed E-state index contributed by atoms with van der Waals surface area (Å²) in [6.45, 7) is 0.717. The fourth-order valence-corrected chi connectivity index (χ4v) is 2.11.